The Morgan fingerprint density at radius 1 is 0.841 bits per heavy atom. The van der Waals surface area contributed by atoms with Gasteiger partial charge in [-0.3, -0.25) is 4.79 Å². The number of benzene rings is 4. The number of carbonyl (C=O) groups excluding carboxylic acids is 2. The zero-order valence-electron chi connectivity index (χ0n) is 23.6. The molecule has 0 saturated carbocycles. The third-order valence-corrected chi connectivity index (χ3v) is 7.31. The highest BCUT2D eigenvalue weighted by Gasteiger charge is 2.23. The number of ether oxygens (including phenoxy) is 3. The van der Waals surface area contributed by atoms with Gasteiger partial charge in [-0.1, -0.05) is 65.1 Å². The molecule has 0 aliphatic carbocycles. The second-order valence-electron chi connectivity index (χ2n) is 9.32. The molecule has 0 aliphatic heterocycles. The summed E-state index contributed by atoms with van der Waals surface area (Å²) >= 11 is 19.3. The summed E-state index contributed by atoms with van der Waals surface area (Å²) in [6.07, 6.45) is 1.38. The van der Waals surface area contributed by atoms with Crippen molar-refractivity contribution in [1.82, 2.24) is 10.4 Å². The third-order valence-electron chi connectivity index (χ3n) is 6.47. The van der Waals surface area contributed by atoms with Crippen LogP contribution in [0.3, 0.4) is 0 Å². The Labute approximate surface area is 268 Å². The molecule has 0 aliphatic rings. The van der Waals surface area contributed by atoms with Crippen LogP contribution in [0.1, 0.15) is 40.3 Å². The van der Waals surface area contributed by atoms with Crippen LogP contribution in [0.5, 0.6) is 17.2 Å². The fourth-order valence-corrected chi connectivity index (χ4v) is 5.34. The lowest BCUT2D eigenvalue weighted by Crippen LogP contribution is -2.19. The Hall–Kier alpha value is -4.50. The van der Waals surface area contributed by atoms with Crippen LogP contribution in [0.15, 0.2) is 84.0 Å². The van der Waals surface area contributed by atoms with Gasteiger partial charge in [0.2, 0.25) is 0 Å². The maximum absolute atomic E-state index is 13.4. The van der Waals surface area contributed by atoms with Crippen molar-refractivity contribution in [1.29, 1.82) is 0 Å². The number of rotatable bonds is 10. The van der Waals surface area contributed by atoms with E-state index in [9.17, 15) is 9.59 Å². The highest BCUT2D eigenvalue weighted by atomic mass is 35.5. The molecule has 11 heteroatoms. The van der Waals surface area contributed by atoms with Gasteiger partial charge in [-0.2, -0.15) is 5.10 Å². The van der Waals surface area contributed by atoms with E-state index < -0.39 is 11.9 Å². The number of esters is 1. The molecule has 0 saturated heterocycles. The Morgan fingerprint density at radius 3 is 2.34 bits per heavy atom. The topological polar surface area (TPSA) is 102 Å². The summed E-state index contributed by atoms with van der Waals surface area (Å²) in [7, 11) is 0. The van der Waals surface area contributed by atoms with E-state index in [0.717, 1.165) is 0 Å². The second kappa shape index (κ2) is 13.9. The molecular formula is C33H26Cl3N3O5. The van der Waals surface area contributed by atoms with Crippen molar-refractivity contribution < 1.29 is 23.8 Å². The molecule has 8 nitrogen and oxygen atoms in total. The summed E-state index contributed by atoms with van der Waals surface area (Å²) in [6, 6.07) is 22.1. The first-order valence-electron chi connectivity index (χ1n) is 13.6. The van der Waals surface area contributed by atoms with Crippen LogP contribution < -0.4 is 19.6 Å². The van der Waals surface area contributed by atoms with E-state index in [-0.39, 0.29) is 17.0 Å². The quantitative estimate of drug-likeness (QED) is 0.0682. The number of para-hydroxylation sites is 1. The highest BCUT2D eigenvalue weighted by Crippen LogP contribution is 2.40. The lowest BCUT2D eigenvalue weighted by Gasteiger charge is -2.12. The summed E-state index contributed by atoms with van der Waals surface area (Å²) < 4.78 is 16.9. The molecule has 5 rings (SSSR count). The van der Waals surface area contributed by atoms with E-state index in [1.807, 2.05) is 19.9 Å². The predicted octanol–water partition coefficient (Wildman–Crippen LogP) is 8.58. The van der Waals surface area contributed by atoms with Crippen LogP contribution in [-0.4, -0.2) is 36.3 Å². The number of hydrogen-bond donors (Lipinski definition) is 2. The SMILES string of the molecule is CCOc1ccc(C(=O)Oc2ccccc2C=NNC(=O)c2[nH]c3c(Cl)cc(Cl)cc3c2-c2ccccc2Cl)cc1OCC. The first kappa shape index (κ1) is 30.9. The minimum atomic E-state index is -0.600. The summed E-state index contributed by atoms with van der Waals surface area (Å²) in [5.41, 5.74) is 5.13. The fraction of sp³-hybridized carbons (Fsp3) is 0.121. The number of fused-ring (bicyclic) bond motifs is 1. The van der Waals surface area contributed by atoms with Crippen LogP contribution in [0, 0.1) is 0 Å². The van der Waals surface area contributed by atoms with E-state index >= 15 is 0 Å². The number of hydrazone groups is 1. The molecule has 0 fully saturated rings. The first-order chi connectivity index (χ1) is 21.3. The van der Waals surface area contributed by atoms with Gasteiger partial charge in [0.15, 0.2) is 11.5 Å². The Bertz CT molecular complexity index is 1890. The third kappa shape index (κ3) is 6.68. The minimum Gasteiger partial charge on any atom is -0.490 e. The molecule has 224 valence electrons. The second-order valence-corrected chi connectivity index (χ2v) is 10.6. The van der Waals surface area contributed by atoms with Gasteiger partial charge in [-0.05, 0) is 62.4 Å². The molecule has 0 radical (unpaired) electrons. The van der Waals surface area contributed by atoms with Gasteiger partial charge < -0.3 is 19.2 Å². The maximum atomic E-state index is 13.4. The molecule has 0 atom stereocenters. The average Bonchev–Trinajstić information content (AvgIpc) is 3.39. The average molecular weight is 651 g/mol. The van der Waals surface area contributed by atoms with Gasteiger partial charge in [-0.25, -0.2) is 10.2 Å². The standard InChI is InChI=1S/C33H26Cl3N3O5/c1-3-42-27-14-13-19(15-28(27)43-4-2)33(41)44-26-12-8-5-9-20(26)18-37-39-32(40)31-29(22-10-6-7-11-24(22)35)23-16-21(34)17-25(36)30(23)38-31/h5-18,38H,3-4H2,1-2H3,(H,39,40). The summed E-state index contributed by atoms with van der Waals surface area (Å²) in [6.45, 7) is 4.57. The van der Waals surface area contributed by atoms with Gasteiger partial charge in [0.25, 0.3) is 5.91 Å². The lowest BCUT2D eigenvalue weighted by molar-refractivity contribution is 0.0733. The predicted molar refractivity (Wildman–Crippen MR) is 174 cm³/mol. The molecule has 1 heterocycles. The smallest absolute Gasteiger partial charge is 0.343 e. The van der Waals surface area contributed by atoms with E-state index in [2.05, 4.69) is 15.5 Å². The molecule has 1 aromatic heterocycles. The van der Waals surface area contributed by atoms with E-state index in [1.54, 1.807) is 72.8 Å². The van der Waals surface area contributed by atoms with Crippen molar-refractivity contribution >= 4 is 63.8 Å². The number of H-pyrrole nitrogens is 1. The number of nitrogens with zero attached hydrogens (tertiary/aromatic N) is 1. The number of hydrogen-bond acceptors (Lipinski definition) is 6. The number of aromatic amines is 1. The van der Waals surface area contributed by atoms with Crippen LogP contribution >= 0.6 is 34.8 Å². The van der Waals surface area contributed by atoms with Crippen LogP contribution in [-0.2, 0) is 0 Å². The minimum absolute atomic E-state index is 0.190. The maximum Gasteiger partial charge on any atom is 0.343 e. The molecule has 0 spiro atoms. The van der Waals surface area contributed by atoms with Crippen LogP contribution in [0.2, 0.25) is 15.1 Å². The summed E-state index contributed by atoms with van der Waals surface area (Å²) in [4.78, 5) is 29.5. The number of amides is 1. The van der Waals surface area contributed by atoms with Gasteiger partial charge in [0.1, 0.15) is 11.4 Å². The fourth-order valence-electron chi connectivity index (χ4n) is 4.57. The van der Waals surface area contributed by atoms with Gasteiger partial charge in [0, 0.05) is 32.1 Å². The highest BCUT2D eigenvalue weighted by molar-refractivity contribution is 6.39. The van der Waals surface area contributed by atoms with Crippen molar-refractivity contribution in [3.05, 3.63) is 111 Å². The molecule has 1 amide bonds. The van der Waals surface area contributed by atoms with Crippen molar-refractivity contribution in [2.24, 2.45) is 5.10 Å². The van der Waals surface area contributed by atoms with Crippen molar-refractivity contribution in [3.8, 4) is 28.4 Å². The molecule has 0 bridgehead atoms. The first-order valence-corrected chi connectivity index (χ1v) is 14.7. The van der Waals surface area contributed by atoms with Gasteiger partial charge in [0.05, 0.1) is 35.5 Å². The zero-order valence-corrected chi connectivity index (χ0v) is 25.9. The lowest BCUT2D eigenvalue weighted by atomic mass is 10.0. The number of carbonyl (C=O) groups is 2. The molecule has 2 N–H and O–H groups in total. The molecule has 4 aromatic carbocycles. The Morgan fingerprint density at radius 2 is 1.57 bits per heavy atom. The summed E-state index contributed by atoms with van der Waals surface area (Å²) in [5.74, 6) is 0.0696. The van der Waals surface area contributed by atoms with E-state index in [4.69, 9.17) is 49.0 Å². The Kier molecular flexibility index (Phi) is 9.75. The van der Waals surface area contributed by atoms with Crippen LogP contribution in [0.4, 0.5) is 0 Å². The van der Waals surface area contributed by atoms with Crippen molar-refractivity contribution in [2.45, 2.75) is 13.8 Å². The molecular weight excluding hydrogens is 625 g/mol. The van der Waals surface area contributed by atoms with Crippen LogP contribution in [0.25, 0.3) is 22.0 Å². The normalized spacial score (nSPS) is 11.1. The number of nitrogens with one attached hydrogen (secondary N) is 2. The summed E-state index contributed by atoms with van der Waals surface area (Å²) in [5, 5.41) is 5.96. The van der Waals surface area contributed by atoms with Gasteiger partial charge in [-0.15, -0.1) is 0 Å². The van der Waals surface area contributed by atoms with E-state index in [0.29, 0.717) is 67.4 Å². The molecule has 5 aromatic rings. The molecule has 0 unspecified atom stereocenters. The largest absolute Gasteiger partial charge is 0.490 e. The van der Waals surface area contributed by atoms with E-state index in [1.165, 1.54) is 6.21 Å². The monoisotopic (exact) mass is 649 g/mol. The number of halogens is 3. The van der Waals surface area contributed by atoms with Crippen molar-refractivity contribution in [2.75, 3.05) is 13.2 Å². The molecule has 44 heavy (non-hydrogen) atoms. The Balaban J connectivity index is 1.39. The number of aromatic nitrogens is 1. The zero-order chi connectivity index (χ0) is 31.2. The van der Waals surface area contributed by atoms with Gasteiger partial charge >= 0.3 is 5.97 Å². The van der Waals surface area contributed by atoms with Crippen molar-refractivity contribution in [3.63, 3.8) is 0 Å².